The van der Waals surface area contributed by atoms with Crippen molar-refractivity contribution in [1.82, 2.24) is 14.9 Å². The summed E-state index contributed by atoms with van der Waals surface area (Å²) in [5.74, 6) is 1.08. The number of hydrogen-bond acceptors (Lipinski definition) is 4. The van der Waals surface area contributed by atoms with Gasteiger partial charge in [-0.1, -0.05) is 19.1 Å². The summed E-state index contributed by atoms with van der Waals surface area (Å²) in [6.45, 7) is 1.82. The zero-order valence-corrected chi connectivity index (χ0v) is 17.6. The summed E-state index contributed by atoms with van der Waals surface area (Å²) in [5.41, 5.74) is 1.56. The normalized spacial score (nSPS) is 12.8. The Morgan fingerprint density at radius 2 is 1.87 bits per heavy atom. The lowest BCUT2D eigenvalue weighted by Gasteiger charge is -2.22. The van der Waals surface area contributed by atoms with E-state index < -0.39 is 6.04 Å². The van der Waals surface area contributed by atoms with Crippen LogP contribution in [0.1, 0.15) is 29.9 Å². The third-order valence-electron chi connectivity index (χ3n) is 4.99. The summed E-state index contributed by atoms with van der Waals surface area (Å²) in [6, 6.07) is 11.3. The summed E-state index contributed by atoms with van der Waals surface area (Å²) >= 11 is 0. The molecule has 0 fully saturated rings. The third-order valence-corrected chi connectivity index (χ3v) is 4.99. The highest BCUT2D eigenvalue weighted by atomic mass is 19.1. The number of carbonyl (C=O) groups excluding carboxylic acids is 1. The Morgan fingerprint density at radius 1 is 1.17 bits per heavy atom. The van der Waals surface area contributed by atoms with E-state index in [0.717, 1.165) is 11.1 Å². The summed E-state index contributed by atoms with van der Waals surface area (Å²) in [5, 5.41) is 3.09. The number of carbonyl (C=O) groups is 1. The number of halogens is 1. The van der Waals surface area contributed by atoms with Crippen LogP contribution in [0.25, 0.3) is 0 Å². The van der Waals surface area contributed by atoms with Gasteiger partial charge in [0.2, 0.25) is 5.91 Å². The number of aromatic nitrogens is 2. The van der Waals surface area contributed by atoms with Gasteiger partial charge in [-0.25, -0.2) is 9.37 Å². The Kier molecular flexibility index (Phi) is 6.72. The number of imidazole rings is 1. The monoisotopic (exact) mass is 411 g/mol. The second-order valence-corrected chi connectivity index (χ2v) is 7.22. The Balaban J connectivity index is 1.88. The molecule has 1 aromatic heterocycles. The molecule has 158 valence electrons. The lowest BCUT2D eigenvalue weighted by molar-refractivity contribution is -0.125. The standard InChI is InChI=1S/C23H26FN3O3/c1-15(10-16-6-5-7-18(24)11-16)23(28)26-21(22-25-8-9-27(22)2)17-12-19(29-3)14-20(13-17)30-4/h5-9,11-15,21H,10H2,1-4H3,(H,26,28). The van der Waals surface area contributed by atoms with Gasteiger partial charge in [0, 0.05) is 31.4 Å². The molecule has 6 nitrogen and oxygen atoms in total. The van der Waals surface area contributed by atoms with Gasteiger partial charge in [0.15, 0.2) is 0 Å². The van der Waals surface area contributed by atoms with E-state index in [1.807, 2.05) is 42.9 Å². The van der Waals surface area contributed by atoms with Crippen molar-refractivity contribution in [2.75, 3.05) is 14.2 Å². The minimum atomic E-state index is -0.503. The van der Waals surface area contributed by atoms with Crippen LogP contribution in [0.2, 0.25) is 0 Å². The molecular weight excluding hydrogens is 385 g/mol. The lowest BCUT2D eigenvalue weighted by atomic mass is 9.98. The highest BCUT2D eigenvalue weighted by Gasteiger charge is 2.25. The van der Waals surface area contributed by atoms with E-state index in [0.29, 0.717) is 23.7 Å². The van der Waals surface area contributed by atoms with Crippen LogP contribution in [0.3, 0.4) is 0 Å². The molecular formula is C23H26FN3O3. The molecule has 1 amide bonds. The molecule has 2 unspecified atom stereocenters. The summed E-state index contributed by atoms with van der Waals surface area (Å²) < 4.78 is 26.1. The maximum Gasteiger partial charge on any atom is 0.224 e. The molecule has 0 aliphatic carbocycles. The van der Waals surface area contributed by atoms with Crippen molar-refractivity contribution in [3.8, 4) is 11.5 Å². The summed E-state index contributed by atoms with van der Waals surface area (Å²) in [6.07, 6.45) is 3.93. The Bertz CT molecular complexity index is 996. The van der Waals surface area contributed by atoms with Crippen LogP contribution in [0.15, 0.2) is 54.9 Å². The highest BCUT2D eigenvalue weighted by Crippen LogP contribution is 2.29. The first kappa shape index (κ1) is 21.4. The molecule has 1 N–H and O–H groups in total. The third kappa shape index (κ3) is 4.97. The Labute approximate surface area is 175 Å². The number of benzene rings is 2. The molecule has 30 heavy (non-hydrogen) atoms. The summed E-state index contributed by atoms with van der Waals surface area (Å²) in [7, 11) is 5.02. The van der Waals surface area contributed by atoms with E-state index in [-0.39, 0.29) is 17.6 Å². The van der Waals surface area contributed by atoms with E-state index in [1.165, 1.54) is 12.1 Å². The highest BCUT2D eigenvalue weighted by molar-refractivity contribution is 5.79. The fraction of sp³-hybridized carbons (Fsp3) is 0.304. The predicted molar refractivity (Wildman–Crippen MR) is 112 cm³/mol. The molecule has 0 aliphatic heterocycles. The maximum atomic E-state index is 13.5. The van der Waals surface area contributed by atoms with Crippen molar-refractivity contribution in [2.24, 2.45) is 13.0 Å². The fourth-order valence-corrected chi connectivity index (χ4v) is 3.34. The zero-order chi connectivity index (χ0) is 21.7. The van der Waals surface area contributed by atoms with Gasteiger partial charge < -0.3 is 19.4 Å². The maximum absolute atomic E-state index is 13.5. The molecule has 2 aromatic carbocycles. The van der Waals surface area contributed by atoms with Gasteiger partial charge in [-0.15, -0.1) is 0 Å². The molecule has 0 saturated heterocycles. The van der Waals surface area contributed by atoms with Crippen molar-refractivity contribution in [1.29, 1.82) is 0 Å². The molecule has 0 bridgehead atoms. The molecule has 3 rings (SSSR count). The van der Waals surface area contributed by atoms with Crippen LogP contribution in [0, 0.1) is 11.7 Å². The van der Waals surface area contributed by atoms with Crippen LogP contribution in [-0.4, -0.2) is 29.7 Å². The number of amides is 1. The number of nitrogens with zero attached hydrogens (tertiary/aromatic N) is 2. The molecule has 0 radical (unpaired) electrons. The van der Waals surface area contributed by atoms with Crippen LogP contribution in [0.4, 0.5) is 4.39 Å². The number of aryl methyl sites for hydroxylation is 1. The second-order valence-electron chi connectivity index (χ2n) is 7.22. The van der Waals surface area contributed by atoms with Gasteiger partial charge in [0.25, 0.3) is 0 Å². The molecule has 0 aliphatic rings. The van der Waals surface area contributed by atoms with Gasteiger partial charge in [0.1, 0.15) is 29.2 Å². The first-order valence-corrected chi connectivity index (χ1v) is 9.66. The smallest absolute Gasteiger partial charge is 0.224 e. The van der Waals surface area contributed by atoms with Crippen molar-refractivity contribution < 1.29 is 18.7 Å². The van der Waals surface area contributed by atoms with E-state index in [2.05, 4.69) is 10.3 Å². The number of methoxy groups -OCH3 is 2. The second kappa shape index (κ2) is 9.43. The van der Waals surface area contributed by atoms with E-state index >= 15 is 0 Å². The van der Waals surface area contributed by atoms with Crippen LogP contribution >= 0.6 is 0 Å². The first-order valence-electron chi connectivity index (χ1n) is 9.66. The molecule has 0 saturated carbocycles. The SMILES string of the molecule is COc1cc(OC)cc(C(NC(=O)C(C)Cc2cccc(F)c2)c2nccn2C)c1. The van der Waals surface area contributed by atoms with Crippen molar-refractivity contribution in [2.45, 2.75) is 19.4 Å². The zero-order valence-electron chi connectivity index (χ0n) is 17.6. The van der Waals surface area contributed by atoms with E-state index in [4.69, 9.17) is 9.47 Å². The summed E-state index contributed by atoms with van der Waals surface area (Å²) in [4.78, 5) is 17.5. The number of hydrogen-bond donors (Lipinski definition) is 1. The minimum Gasteiger partial charge on any atom is -0.497 e. The number of nitrogens with one attached hydrogen (secondary N) is 1. The molecule has 0 spiro atoms. The van der Waals surface area contributed by atoms with Crippen molar-refractivity contribution in [3.63, 3.8) is 0 Å². The largest absolute Gasteiger partial charge is 0.497 e. The molecule has 7 heteroatoms. The van der Waals surface area contributed by atoms with Gasteiger partial charge in [0.05, 0.1) is 14.2 Å². The van der Waals surface area contributed by atoms with Gasteiger partial charge >= 0.3 is 0 Å². The van der Waals surface area contributed by atoms with E-state index in [9.17, 15) is 9.18 Å². The predicted octanol–water partition coefficient (Wildman–Crippen LogP) is 3.66. The van der Waals surface area contributed by atoms with Gasteiger partial charge in [-0.05, 0) is 41.8 Å². The topological polar surface area (TPSA) is 65.4 Å². The lowest BCUT2D eigenvalue weighted by Crippen LogP contribution is -2.35. The molecule has 3 aromatic rings. The molecule has 2 atom stereocenters. The average Bonchev–Trinajstić information content (AvgIpc) is 3.16. The van der Waals surface area contributed by atoms with Crippen molar-refractivity contribution in [3.05, 3.63) is 77.6 Å². The first-order chi connectivity index (χ1) is 14.4. The minimum absolute atomic E-state index is 0.158. The van der Waals surface area contributed by atoms with Gasteiger partial charge in [-0.3, -0.25) is 4.79 Å². The van der Waals surface area contributed by atoms with Crippen LogP contribution in [-0.2, 0) is 18.3 Å². The average molecular weight is 411 g/mol. The number of ether oxygens (including phenoxy) is 2. The van der Waals surface area contributed by atoms with Crippen LogP contribution in [0.5, 0.6) is 11.5 Å². The van der Waals surface area contributed by atoms with Crippen LogP contribution < -0.4 is 14.8 Å². The van der Waals surface area contributed by atoms with Crippen molar-refractivity contribution >= 4 is 5.91 Å². The van der Waals surface area contributed by atoms with Gasteiger partial charge in [-0.2, -0.15) is 0 Å². The quantitative estimate of drug-likeness (QED) is 0.614. The Morgan fingerprint density at radius 3 is 2.43 bits per heavy atom. The number of rotatable bonds is 8. The Hall–Kier alpha value is -3.35. The fourth-order valence-electron chi connectivity index (χ4n) is 3.34. The van der Waals surface area contributed by atoms with E-state index in [1.54, 1.807) is 32.5 Å². The molecule has 1 heterocycles.